The van der Waals surface area contributed by atoms with Crippen LogP contribution in [0.4, 0.5) is 0 Å². The Morgan fingerprint density at radius 3 is 2.88 bits per heavy atom. The van der Waals surface area contributed by atoms with E-state index in [1.54, 1.807) is 0 Å². The van der Waals surface area contributed by atoms with Crippen molar-refractivity contribution >= 4 is 15.9 Å². The molecule has 1 aliphatic rings. The van der Waals surface area contributed by atoms with Gasteiger partial charge in [0.05, 0.1) is 0 Å². The van der Waals surface area contributed by atoms with Gasteiger partial charge in [0.2, 0.25) is 0 Å². The van der Waals surface area contributed by atoms with Crippen LogP contribution in [0, 0.1) is 0 Å². The summed E-state index contributed by atoms with van der Waals surface area (Å²) in [5, 5.41) is 0. The van der Waals surface area contributed by atoms with Crippen LogP contribution in [-0.4, -0.2) is 24.0 Å². The molecule has 1 saturated heterocycles. The summed E-state index contributed by atoms with van der Waals surface area (Å²) < 4.78 is 1.20. The van der Waals surface area contributed by atoms with Crippen molar-refractivity contribution in [3.05, 3.63) is 34.3 Å². The summed E-state index contributed by atoms with van der Waals surface area (Å²) in [5.74, 6) is 0. The van der Waals surface area contributed by atoms with E-state index in [0.717, 1.165) is 13.1 Å². The van der Waals surface area contributed by atoms with Gasteiger partial charge in [0.1, 0.15) is 0 Å². The molecule has 3 heteroatoms. The minimum absolute atomic E-state index is 0.346. The average Bonchev–Trinajstić information content (AvgIpc) is 2.29. The number of halogens is 1. The number of likely N-dealkylation sites (tertiary alicyclic amines) is 1. The summed E-state index contributed by atoms with van der Waals surface area (Å²) in [7, 11) is 0. The molecule has 1 fully saturated rings. The summed E-state index contributed by atoms with van der Waals surface area (Å²) in [4.78, 5) is 2.48. The summed E-state index contributed by atoms with van der Waals surface area (Å²) in [6, 6.07) is 9.24. The molecule has 16 heavy (non-hydrogen) atoms. The fraction of sp³-hybridized carbons (Fsp3) is 0.538. The first kappa shape index (κ1) is 12.1. The lowest BCUT2D eigenvalue weighted by Gasteiger charge is -2.36. The Kier molecular flexibility index (Phi) is 4.00. The van der Waals surface area contributed by atoms with Gasteiger partial charge in [-0.1, -0.05) is 34.1 Å². The van der Waals surface area contributed by atoms with Crippen molar-refractivity contribution in [1.29, 1.82) is 0 Å². The van der Waals surface area contributed by atoms with Gasteiger partial charge < -0.3 is 5.73 Å². The first-order valence-electron chi connectivity index (χ1n) is 5.92. The van der Waals surface area contributed by atoms with Crippen LogP contribution in [0.15, 0.2) is 28.7 Å². The molecule has 1 aromatic rings. The number of nitrogens with two attached hydrogens (primary N) is 1. The topological polar surface area (TPSA) is 29.3 Å². The highest BCUT2D eigenvalue weighted by atomic mass is 79.9. The standard InChI is InChI=1S/C13H19BrN2/c1-10(12-6-2-3-7-13(12)14)16-8-4-5-11(15)9-16/h2-3,6-7,10-11H,4-5,8-9,15H2,1H3/t10?,11-/m1/s1. The fourth-order valence-corrected chi connectivity index (χ4v) is 3.02. The van der Waals surface area contributed by atoms with Crippen molar-refractivity contribution in [3.63, 3.8) is 0 Å². The van der Waals surface area contributed by atoms with E-state index in [4.69, 9.17) is 5.73 Å². The second-order valence-electron chi connectivity index (χ2n) is 4.59. The van der Waals surface area contributed by atoms with Crippen LogP contribution < -0.4 is 5.73 Å². The number of hydrogen-bond donors (Lipinski definition) is 1. The Hall–Kier alpha value is -0.380. The Balaban J connectivity index is 2.12. The van der Waals surface area contributed by atoms with Crippen molar-refractivity contribution in [3.8, 4) is 0 Å². The highest BCUT2D eigenvalue weighted by Gasteiger charge is 2.22. The van der Waals surface area contributed by atoms with Gasteiger partial charge in [0.15, 0.2) is 0 Å². The molecule has 1 aromatic carbocycles. The molecule has 2 nitrogen and oxygen atoms in total. The zero-order valence-corrected chi connectivity index (χ0v) is 11.3. The summed E-state index contributed by atoms with van der Waals surface area (Å²) in [6.45, 7) is 4.44. The lowest BCUT2D eigenvalue weighted by molar-refractivity contribution is 0.159. The van der Waals surface area contributed by atoms with Crippen LogP contribution >= 0.6 is 15.9 Å². The number of hydrogen-bond acceptors (Lipinski definition) is 2. The average molecular weight is 283 g/mol. The van der Waals surface area contributed by atoms with Crippen molar-refractivity contribution < 1.29 is 0 Å². The van der Waals surface area contributed by atoms with Crippen molar-refractivity contribution in [2.45, 2.75) is 31.8 Å². The van der Waals surface area contributed by atoms with Crippen LogP contribution in [0.2, 0.25) is 0 Å². The van der Waals surface area contributed by atoms with E-state index >= 15 is 0 Å². The van der Waals surface area contributed by atoms with Crippen LogP contribution in [0.3, 0.4) is 0 Å². The van der Waals surface area contributed by atoms with E-state index in [1.165, 1.54) is 22.9 Å². The summed E-state index contributed by atoms with van der Waals surface area (Å²) in [6.07, 6.45) is 2.38. The lowest BCUT2D eigenvalue weighted by atomic mass is 10.0. The van der Waals surface area contributed by atoms with E-state index in [1.807, 2.05) is 0 Å². The molecule has 2 N–H and O–H groups in total. The number of nitrogens with zero attached hydrogens (tertiary/aromatic N) is 1. The second-order valence-corrected chi connectivity index (χ2v) is 5.45. The lowest BCUT2D eigenvalue weighted by Crippen LogP contribution is -2.43. The molecule has 2 atom stereocenters. The van der Waals surface area contributed by atoms with Crippen LogP contribution in [0.5, 0.6) is 0 Å². The van der Waals surface area contributed by atoms with E-state index in [9.17, 15) is 0 Å². The molecule has 88 valence electrons. The maximum absolute atomic E-state index is 6.03. The van der Waals surface area contributed by atoms with Crippen molar-refractivity contribution in [2.24, 2.45) is 5.73 Å². The predicted molar refractivity (Wildman–Crippen MR) is 71.3 cm³/mol. The predicted octanol–water partition coefficient (Wildman–Crippen LogP) is 2.93. The van der Waals surface area contributed by atoms with E-state index in [0.29, 0.717) is 12.1 Å². The molecule has 0 aliphatic carbocycles. The van der Waals surface area contributed by atoms with Crippen molar-refractivity contribution in [2.75, 3.05) is 13.1 Å². The second kappa shape index (κ2) is 5.30. The quantitative estimate of drug-likeness (QED) is 0.904. The van der Waals surface area contributed by atoms with Crippen LogP contribution in [0.1, 0.15) is 31.4 Å². The zero-order chi connectivity index (χ0) is 11.5. The van der Waals surface area contributed by atoms with Gasteiger partial charge in [0, 0.05) is 23.1 Å². The number of piperidine rings is 1. The first-order chi connectivity index (χ1) is 7.68. The summed E-state index contributed by atoms with van der Waals surface area (Å²) >= 11 is 3.62. The van der Waals surface area contributed by atoms with Gasteiger partial charge in [-0.3, -0.25) is 4.90 Å². The van der Waals surface area contributed by atoms with Crippen LogP contribution in [-0.2, 0) is 0 Å². The van der Waals surface area contributed by atoms with E-state index < -0.39 is 0 Å². The maximum Gasteiger partial charge on any atom is 0.0331 e. The monoisotopic (exact) mass is 282 g/mol. The van der Waals surface area contributed by atoms with Gasteiger partial charge >= 0.3 is 0 Å². The van der Waals surface area contributed by atoms with Gasteiger partial charge in [-0.25, -0.2) is 0 Å². The molecule has 0 aromatic heterocycles. The molecular formula is C13H19BrN2. The minimum atomic E-state index is 0.346. The Labute approximate surface area is 106 Å². The van der Waals surface area contributed by atoms with E-state index in [-0.39, 0.29) is 0 Å². The number of benzene rings is 1. The highest BCUT2D eigenvalue weighted by Crippen LogP contribution is 2.29. The third-order valence-corrected chi connectivity index (χ3v) is 4.11. The minimum Gasteiger partial charge on any atom is -0.327 e. The van der Waals surface area contributed by atoms with Gasteiger partial charge in [-0.2, -0.15) is 0 Å². The SMILES string of the molecule is CC(c1ccccc1Br)N1CCC[C@@H](N)C1. The molecule has 0 bridgehead atoms. The molecule has 1 aliphatic heterocycles. The molecule has 0 radical (unpaired) electrons. The normalized spacial score (nSPS) is 24.3. The molecule has 0 saturated carbocycles. The smallest absolute Gasteiger partial charge is 0.0331 e. The third-order valence-electron chi connectivity index (χ3n) is 3.39. The van der Waals surface area contributed by atoms with Gasteiger partial charge in [-0.05, 0) is 37.9 Å². The largest absolute Gasteiger partial charge is 0.327 e. The van der Waals surface area contributed by atoms with E-state index in [2.05, 4.69) is 52.0 Å². The maximum atomic E-state index is 6.03. The Morgan fingerprint density at radius 1 is 1.44 bits per heavy atom. The zero-order valence-electron chi connectivity index (χ0n) is 9.70. The molecular weight excluding hydrogens is 264 g/mol. The molecule has 2 rings (SSSR count). The molecule has 0 amide bonds. The number of rotatable bonds is 2. The van der Waals surface area contributed by atoms with Gasteiger partial charge in [-0.15, -0.1) is 0 Å². The van der Waals surface area contributed by atoms with Gasteiger partial charge in [0.25, 0.3) is 0 Å². The Bertz CT molecular complexity index is 354. The molecule has 1 heterocycles. The molecule has 0 spiro atoms. The Morgan fingerprint density at radius 2 is 2.19 bits per heavy atom. The molecule has 1 unspecified atom stereocenters. The highest BCUT2D eigenvalue weighted by molar-refractivity contribution is 9.10. The fourth-order valence-electron chi connectivity index (χ4n) is 2.40. The summed E-state index contributed by atoms with van der Waals surface area (Å²) in [5.41, 5.74) is 7.38. The third kappa shape index (κ3) is 2.65. The van der Waals surface area contributed by atoms with Crippen molar-refractivity contribution in [1.82, 2.24) is 4.90 Å². The first-order valence-corrected chi connectivity index (χ1v) is 6.72. The van der Waals surface area contributed by atoms with Crippen LogP contribution in [0.25, 0.3) is 0 Å².